The molecule has 1 rings (SSSR count). The maximum Gasteiger partial charge on any atom is 0.321 e. The Bertz CT molecular complexity index is 378. The van der Waals surface area contributed by atoms with E-state index in [1.54, 1.807) is 7.05 Å². The number of alkyl halides is 1. The molecule has 0 saturated heterocycles. The molecule has 0 radical (unpaired) electrons. The van der Waals surface area contributed by atoms with Crippen molar-refractivity contribution < 1.29 is 9.59 Å². The van der Waals surface area contributed by atoms with E-state index in [2.05, 4.69) is 20.7 Å². The van der Waals surface area contributed by atoms with Crippen molar-refractivity contribution in [3.8, 4) is 0 Å². The lowest BCUT2D eigenvalue weighted by Gasteiger charge is -2.03. The summed E-state index contributed by atoms with van der Waals surface area (Å²) in [7, 11) is 1.72. The average molecular weight is 246 g/mol. The zero-order valence-corrected chi connectivity index (χ0v) is 9.49. The maximum atomic E-state index is 11.2. The van der Waals surface area contributed by atoms with Gasteiger partial charge in [-0.1, -0.05) is 0 Å². The second-order valence-electron chi connectivity index (χ2n) is 3.00. The van der Waals surface area contributed by atoms with Crippen LogP contribution in [0, 0.1) is 0 Å². The first kappa shape index (κ1) is 12.4. The molecule has 0 atom stereocenters. The number of hydrogen-bond donors (Lipinski definition) is 2. The van der Waals surface area contributed by atoms with Crippen molar-refractivity contribution in [3.05, 3.63) is 12.2 Å². The molecule has 0 bridgehead atoms. The lowest BCUT2D eigenvalue weighted by atomic mass is 10.4. The summed E-state index contributed by atoms with van der Waals surface area (Å²) in [5.74, 6) is 0.241. The first-order valence-corrected chi connectivity index (χ1v) is 5.13. The summed E-state index contributed by atoms with van der Waals surface area (Å²) in [5, 5.41) is 8.53. The molecule has 7 nitrogen and oxygen atoms in total. The minimum atomic E-state index is -0.581. The second-order valence-corrected chi connectivity index (χ2v) is 3.38. The van der Waals surface area contributed by atoms with Gasteiger partial charge in [-0.05, 0) is 0 Å². The van der Waals surface area contributed by atoms with Gasteiger partial charge in [-0.25, -0.2) is 9.78 Å². The number of carbonyl (C=O) groups is 2. The van der Waals surface area contributed by atoms with Crippen LogP contribution in [0.15, 0.2) is 6.33 Å². The van der Waals surface area contributed by atoms with Crippen LogP contribution in [0.25, 0.3) is 0 Å². The van der Waals surface area contributed by atoms with E-state index in [0.717, 1.165) is 0 Å². The Hall–Kier alpha value is -1.63. The lowest BCUT2D eigenvalue weighted by molar-refractivity contribution is -0.119. The molecule has 1 heterocycles. The van der Waals surface area contributed by atoms with E-state index in [9.17, 15) is 9.59 Å². The van der Waals surface area contributed by atoms with Crippen LogP contribution in [0.4, 0.5) is 4.79 Å². The number of aromatic nitrogens is 3. The van der Waals surface area contributed by atoms with E-state index in [0.29, 0.717) is 5.82 Å². The van der Waals surface area contributed by atoms with Crippen LogP contribution in [-0.2, 0) is 18.4 Å². The van der Waals surface area contributed by atoms with Crippen molar-refractivity contribution in [2.75, 3.05) is 5.88 Å². The third-order valence-electron chi connectivity index (χ3n) is 1.63. The Kier molecular flexibility index (Phi) is 4.71. The van der Waals surface area contributed by atoms with E-state index in [1.165, 1.54) is 11.0 Å². The van der Waals surface area contributed by atoms with Gasteiger partial charge in [0.2, 0.25) is 5.91 Å². The van der Waals surface area contributed by atoms with Gasteiger partial charge in [0, 0.05) is 19.3 Å². The Labute approximate surface area is 97.2 Å². The highest BCUT2D eigenvalue weighted by Gasteiger charge is 2.07. The van der Waals surface area contributed by atoms with Crippen molar-refractivity contribution in [2.24, 2.45) is 7.05 Å². The molecule has 0 aliphatic heterocycles. The van der Waals surface area contributed by atoms with Crippen LogP contribution in [0.3, 0.4) is 0 Å². The van der Waals surface area contributed by atoms with E-state index >= 15 is 0 Å². The van der Waals surface area contributed by atoms with Crippen molar-refractivity contribution in [3.63, 3.8) is 0 Å². The third kappa shape index (κ3) is 4.26. The summed E-state index contributed by atoms with van der Waals surface area (Å²) in [5.41, 5.74) is 0. The van der Waals surface area contributed by atoms with Crippen molar-refractivity contribution in [1.29, 1.82) is 0 Å². The topological polar surface area (TPSA) is 88.9 Å². The molecule has 3 amide bonds. The van der Waals surface area contributed by atoms with Crippen LogP contribution >= 0.6 is 11.6 Å². The number of carbonyl (C=O) groups excluding carboxylic acids is 2. The van der Waals surface area contributed by atoms with Crippen molar-refractivity contribution in [2.45, 2.75) is 13.0 Å². The zero-order chi connectivity index (χ0) is 12.0. The van der Waals surface area contributed by atoms with Gasteiger partial charge in [-0.3, -0.25) is 14.8 Å². The number of amides is 3. The van der Waals surface area contributed by atoms with E-state index in [1.807, 2.05) is 0 Å². The second kappa shape index (κ2) is 6.06. The predicted molar refractivity (Wildman–Crippen MR) is 56.7 cm³/mol. The van der Waals surface area contributed by atoms with Crippen LogP contribution in [0.2, 0.25) is 0 Å². The fourth-order valence-corrected chi connectivity index (χ4v) is 1.12. The number of rotatable bonds is 4. The number of nitrogens with one attached hydrogen (secondary N) is 2. The fraction of sp³-hybridized carbons (Fsp3) is 0.500. The van der Waals surface area contributed by atoms with E-state index in [-0.39, 0.29) is 18.8 Å². The van der Waals surface area contributed by atoms with E-state index < -0.39 is 11.9 Å². The van der Waals surface area contributed by atoms with Gasteiger partial charge in [-0.2, -0.15) is 5.10 Å². The monoisotopic (exact) mass is 245 g/mol. The summed E-state index contributed by atoms with van der Waals surface area (Å²) in [4.78, 5) is 26.0. The number of urea groups is 1. The highest BCUT2D eigenvalue weighted by molar-refractivity contribution is 6.19. The smallest absolute Gasteiger partial charge is 0.321 e. The van der Waals surface area contributed by atoms with Gasteiger partial charge in [0.15, 0.2) is 5.82 Å². The summed E-state index contributed by atoms with van der Waals surface area (Å²) in [6.45, 7) is 0.167. The van der Waals surface area contributed by atoms with Gasteiger partial charge in [-0.15, -0.1) is 11.6 Å². The van der Waals surface area contributed by atoms with Gasteiger partial charge < -0.3 is 5.32 Å². The Morgan fingerprint density at radius 3 is 2.88 bits per heavy atom. The molecule has 0 aromatic carbocycles. The number of halogens is 1. The lowest BCUT2D eigenvalue weighted by Crippen LogP contribution is -2.39. The highest BCUT2D eigenvalue weighted by Crippen LogP contribution is 1.87. The van der Waals surface area contributed by atoms with Gasteiger partial charge in [0.05, 0.1) is 6.54 Å². The number of aryl methyl sites for hydroxylation is 1. The third-order valence-corrected chi connectivity index (χ3v) is 1.82. The molecule has 0 aliphatic carbocycles. The van der Waals surface area contributed by atoms with Gasteiger partial charge >= 0.3 is 6.03 Å². The molecule has 0 aliphatic rings. The Morgan fingerprint density at radius 1 is 1.56 bits per heavy atom. The maximum absolute atomic E-state index is 11.2. The zero-order valence-electron chi connectivity index (χ0n) is 8.73. The molecular formula is C8H12ClN5O2. The van der Waals surface area contributed by atoms with Crippen LogP contribution in [-0.4, -0.2) is 32.6 Å². The van der Waals surface area contributed by atoms with E-state index in [4.69, 9.17) is 11.6 Å². The molecule has 0 saturated carbocycles. The number of hydrogen-bond acceptors (Lipinski definition) is 4. The van der Waals surface area contributed by atoms with Gasteiger partial charge in [0.1, 0.15) is 6.33 Å². The summed E-state index contributed by atoms with van der Waals surface area (Å²) >= 11 is 5.34. The first-order valence-electron chi connectivity index (χ1n) is 4.60. The number of nitrogens with zero attached hydrogens (tertiary/aromatic N) is 3. The predicted octanol–water partition coefficient (Wildman–Crippen LogP) is -0.230. The summed E-state index contributed by atoms with van der Waals surface area (Å²) in [6.07, 6.45) is 1.63. The summed E-state index contributed by atoms with van der Waals surface area (Å²) in [6, 6.07) is -0.581. The molecule has 1 aromatic rings. The Morgan fingerprint density at radius 2 is 2.31 bits per heavy atom. The van der Waals surface area contributed by atoms with Crippen molar-refractivity contribution in [1.82, 2.24) is 25.4 Å². The molecule has 2 N–H and O–H groups in total. The average Bonchev–Trinajstić information content (AvgIpc) is 2.61. The largest absolute Gasteiger partial charge is 0.330 e. The molecule has 16 heavy (non-hydrogen) atoms. The van der Waals surface area contributed by atoms with Crippen LogP contribution < -0.4 is 10.6 Å². The molecular weight excluding hydrogens is 234 g/mol. The minimum absolute atomic E-state index is 0.108. The molecule has 88 valence electrons. The SMILES string of the molecule is Cn1cnc(CNC(=O)NC(=O)CCCl)n1. The standard InChI is InChI=1S/C8H12ClN5O2/c1-14-5-11-6(13-14)4-10-8(16)12-7(15)2-3-9/h5H,2-4H2,1H3,(H2,10,12,15,16). The van der Waals surface area contributed by atoms with Gasteiger partial charge in [0.25, 0.3) is 0 Å². The summed E-state index contributed by atoms with van der Waals surface area (Å²) < 4.78 is 1.52. The van der Waals surface area contributed by atoms with Crippen LogP contribution in [0.1, 0.15) is 12.2 Å². The minimum Gasteiger partial charge on any atom is -0.330 e. The number of imide groups is 1. The van der Waals surface area contributed by atoms with Crippen molar-refractivity contribution >= 4 is 23.5 Å². The highest BCUT2D eigenvalue weighted by atomic mass is 35.5. The molecule has 0 spiro atoms. The fourth-order valence-electron chi connectivity index (χ4n) is 0.943. The Balaban J connectivity index is 2.27. The molecule has 1 aromatic heterocycles. The van der Waals surface area contributed by atoms with Crippen LogP contribution in [0.5, 0.6) is 0 Å². The molecule has 0 unspecified atom stereocenters. The molecule has 8 heteroatoms. The first-order chi connectivity index (χ1) is 7.61. The molecule has 0 fully saturated rings. The quantitative estimate of drug-likeness (QED) is 0.717. The normalized spacial score (nSPS) is 9.88.